The maximum Gasteiger partial charge on any atom is 0.251 e. The summed E-state index contributed by atoms with van der Waals surface area (Å²) in [4.78, 5) is 23.9. The third-order valence-corrected chi connectivity index (χ3v) is 4.83. The minimum atomic E-state index is -0.214. The molecule has 7 nitrogen and oxygen atoms in total. The van der Waals surface area contributed by atoms with Crippen LogP contribution >= 0.6 is 11.3 Å². The Balaban J connectivity index is 1.32. The van der Waals surface area contributed by atoms with E-state index in [0.717, 1.165) is 23.6 Å². The molecule has 0 aliphatic rings. The van der Waals surface area contributed by atoms with E-state index < -0.39 is 0 Å². The van der Waals surface area contributed by atoms with E-state index in [1.165, 1.54) is 11.3 Å². The van der Waals surface area contributed by atoms with E-state index in [1.807, 2.05) is 36.4 Å². The van der Waals surface area contributed by atoms with Gasteiger partial charge in [0.15, 0.2) is 0 Å². The van der Waals surface area contributed by atoms with Crippen LogP contribution in [-0.4, -0.2) is 35.2 Å². The number of aryl methyl sites for hydroxylation is 1. The third-order valence-electron chi connectivity index (χ3n) is 3.93. The normalized spacial score (nSPS) is 10.3. The van der Waals surface area contributed by atoms with Gasteiger partial charge < -0.3 is 15.4 Å². The molecule has 29 heavy (non-hydrogen) atoms. The average molecular weight is 410 g/mol. The summed E-state index contributed by atoms with van der Waals surface area (Å²) in [6.07, 6.45) is 1.70. The lowest BCUT2D eigenvalue weighted by atomic mass is 10.2. The molecule has 2 N–H and O–H groups in total. The van der Waals surface area contributed by atoms with Crippen LogP contribution in [0.4, 0.5) is 5.13 Å². The number of nitrogens with one attached hydrogen (secondary N) is 2. The highest BCUT2D eigenvalue weighted by molar-refractivity contribution is 7.15. The Labute approximate surface area is 173 Å². The first kappa shape index (κ1) is 20.5. The molecule has 8 heteroatoms. The second-order valence-electron chi connectivity index (χ2n) is 6.19. The van der Waals surface area contributed by atoms with E-state index in [9.17, 15) is 9.59 Å². The Bertz CT molecular complexity index is 916. The number of amides is 2. The van der Waals surface area contributed by atoms with Crippen molar-refractivity contribution in [3.8, 4) is 5.75 Å². The van der Waals surface area contributed by atoms with E-state index in [0.29, 0.717) is 17.3 Å². The molecule has 3 aromatic rings. The highest BCUT2D eigenvalue weighted by atomic mass is 32.1. The van der Waals surface area contributed by atoms with Crippen molar-refractivity contribution in [2.75, 3.05) is 18.5 Å². The zero-order valence-corrected chi connectivity index (χ0v) is 16.7. The summed E-state index contributed by atoms with van der Waals surface area (Å²) in [7, 11) is 0. The number of ether oxygens (including phenoxy) is 1. The summed E-state index contributed by atoms with van der Waals surface area (Å²) in [6.45, 7) is 0.842. The fraction of sp³-hybridized carbons (Fsp3) is 0.238. The van der Waals surface area contributed by atoms with Crippen LogP contribution in [0.25, 0.3) is 0 Å². The highest BCUT2D eigenvalue weighted by Gasteiger charge is 2.10. The van der Waals surface area contributed by atoms with Gasteiger partial charge in [-0.1, -0.05) is 47.7 Å². The monoisotopic (exact) mass is 410 g/mol. The van der Waals surface area contributed by atoms with Crippen molar-refractivity contribution in [2.24, 2.45) is 0 Å². The number of carbonyl (C=O) groups is 2. The minimum absolute atomic E-state index is 0.165. The van der Waals surface area contributed by atoms with Crippen LogP contribution in [0, 0.1) is 0 Å². The van der Waals surface area contributed by atoms with Crippen molar-refractivity contribution in [1.82, 2.24) is 15.5 Å². The van der Waals surface area contributed by atoms with Gasteiger partial charge in [-0.2, -0.15) is 0 Å². The van der Waals surface area contributed by atoms with Gasteiger partial charge in [0, 0.05) is 24.9 Å². The molecule has 150 valence electrons. The zero-order valence-electron chi connectivity index (χ0n) is 15.8. The molecule has 0 fully saturated rings. The Hall–Kier alpha value is -3.26. The number of hydrogen-bond donors (Lipinski definition) is 2. The number of hydrogen-bond acceptors (Lipinski definition) is 6. The van der Waals surface area contributed by atoms with Gasteiger partial charge >= 0.3 is 0 Å². The van der Waals surface area contributed by atoms with Gasteiger partial charge in [0.1, 0.15) is 10.8 Å². The Morgan fingerprint density at radius 2 is 1.69 bits per heavy atom. The van der Waals surface area contributed by atoms with Gasteiger partial charge in [-0.25, -0.2) is 0 Å². The molecule has 0 spiro atoms. The molecule has 2 aromatic carbocycles. The SMILES string of the molecule is O=C(CCNC(=O)c1ccccc1)Nc1nnc(CCCOc2ccccc2)s1. The largest absolute Gasteiger partial charge is 0.494 e. The van der Waals surface area contributed by atoms with E-state index >= 15 is 0 Å². The lowest BCUT2D eigenvalue weighted by Gasteiger charge is -2.05. The maximum absolute atomic E-state index is 12.0. The standard InChI is InChI=1S/C21H22N4O3S/c26-18(13-14-22-20(27)16-8-3-1-4-9-16)23-21-25-24-19(29-21)12-7-15-28-17-10-5-2-6-11-17/h1-6,8-11H,7,12-15H2,(H,22,27)(H,23,25,26). The van der Waals surface area contributed by atoms with Crippen LogP contribution in [0.3, 0.4) is 0 Å². The number of para-hydroxylation sites is 1. The Kier molecular flexibility index (Phi) is 7.71. The number of benzene rings is 2. The van der Waals surface area contributed by atoms with Crippen molar-refractivity contribution in [2.45, 2.75) is 19.3 Å². The number of carbonyl (C=O) groups excluding carboxylic acids is 2. The maximum atomic E-state index is 12.0. The first-order valence-electron chi connectivity index (χ1n) is 9.34. The molecule has 0 aliphatic heterocycles. The summed E-state index contributed by atoms with van der Waals surface area (Å²) in [5.74, 6) is 0.430. The molecule has 1 heterocycles. The first-order valence-corrected chi connectivity index (χ1v) is 10.2. The molecule has 0 unspecified atom stereocenters. The predicted molar refractivity (Wildman–Crippen MR) is 112 cm³/mol. The van der Waals surface area contributed by atoms with Crippen LogP contribution in [0.2, 0.25) is 0 Å². The fourth-order valence-electron chi connectivity index (χ4n) is 2.50. The third kappa shape index (κ3) is 7.00. The molecule has 0 radical (unpaired) electrons. The van der Waals surface area contributed by atoms with Crippen molar-refractivity contribution < 1.29 is 14.3 Å². The van der Waals surface area contributed by atoms with Crippen LogP contribution in [0.15, 0.2) is 60.7 Å². The lowest BCUT2D eigenvalue weighted by molar-refractivity contribution is -0.116. The molecule has 0 bridgehead atoms. The van der Waals surface area contributed by atoms with Crippen LogP contribution < -0.4 is 15.4 Å². The van der Waals surface area contributed by atoms with E-state index in [1.54, 1.807) is 24.3 Å². The molecule has 0 atom stereocenters. The van der Waals surface area contributed by atoms with E-state index in [2.05, 4.69) is 20.8 Å². The molecular formula is C21H22N4O3S. The number of anilines is 1. The van der Waals surface area contributed by atoms with Gasteiger partial charge in [0.2, 0.25) is 11.0 Å². The first-order chi connectivity index (χ1) is 14.2. The van der Waals surface area contributed by atoms with Gasteiger partial charge in [0.05, 0.1) is 6.61 Å². The van der Waals surface area contributed by atoms with Crippen molar-refractivity contribution in [3.63, 3.8) is 0 Å². The molecule has 1 aromatic heterocycles. The van der Waals surface area contributed by atoms with E-state index in [-0.39, 0.29) is 24.8 Å². The molecule has 2 amide bonds. The molecule has 0 saturated carbocycles. The van der Waals surface area contributed by atoms with Crippen molar-refractivity contribution in [3.05, 3.63) is 71.2 Å². The molecular weight excluding hydrogens is 388 g/mol. The Morgan fingerprint density at radius 1 is 0.966 bits per heavy atom. The lowest BCUT2D eigenvalue weighted by Crippen LogP contribution is -2.27. The van der Waals surface area contributed by atoms with Crippen LogP contribution in [-0.2, 0) is 11.2 Å². The summed E-state index contributed by atoms with van der Waals surface area (Å²) >= 11 is 1.35. The number of rotatable bonds is 10. The topological polar surface area (TPSA) is 93.2 Å². The van der Waals surface area contributed by atoms with Gasteiger partial charge in [-0.3, -0.25) is 9.59 Å². The van der Waals surface area contributed by atoms with Crippen LogP contribution in [0.5, 0.6) is 5.75 Å². The summed E-state index contributed by atoms with van der Waals surface area (Å²) in [6, 6.07) is 18.5. The predicted octanol–water partition coefficient (Wildman–Crippen LogP) is 3.31. The summed E-state index contributed by atoms with van der Waals surface area (Å²) < 4.78 is 5.65. The van der Waals surface area contributed by atoms with Gasteiger partial charge in [0.25, 0.3) is 5.91 Å². The summed E-state index contributed by atoms with van der Waals surface area (Å²) in [5.41, 5.74) is 0.568. The van der Waals surface area contributed by atoms with Crippen molar-refractivity contribution in [1.29, 1.82) is 0 Å². The summed E-state index contributed by atoms with van der Waals surface area (Å²) in [5, 5.41) is 14.8. The second kappa shape index (κ2) is 10.9. The number of aromatic nitrogens is 2. The van der Waals surface area contributed by atoms with Gasteiger partial charge in [-0.15, -0.1) is 10.2 Å². The quantitative estimate of drug-likeness (QED) is 0.500. The van der Waals surface area contributed by atoms with E-state index in [4.69, 9.17) is 4.74 Å². The van der Waals surface area contributed by atoms with Gasteiger partial charge in [-0.05, 0) is 30.7 Å². The number of nitrogens with zero attached hydrogens (tertiary/aromatic N) is 2. The minimum Gasteiger partial charge on any atom is -0.494 e. The second-order valence-corrected chi connectivity index (χ2v) is 7.25. The fourth-order valence-corrected chi connectivity index (χ4v) is 3.30. The molecule has 0 aliphatic carbocycles. The smallest absolute Gasteiger partial charge is 0.251 e. The van der Waals surface area contributed by atoms with Crippen molar-refractivity contribution >= 4 is 28.3 Å². The zero-order chi connectivity index (χ0) is 20.3. The molecule has 0 saturated heterocycles. The Morgan fingerprint density at radius 3 is 2.45 bits per heavy atom. The highest BCUT2D eigenvalue weighted by Crippen LogP contribution is 2.17. The molecule has 3 rings (SSSR count). The average Bonchev–Trinajstić information content (AvgIpc) is 3.19. The van der Waals surface area contributed by atoms with Crippen LogP contribution in [0.1, 0.15) is 28.2 Å².